The lowest BCUT2D eigenvalue weighted by atomic mass is 9.85. The summed E-state index contributed by atoms with van der Waals surface area (Å²) in [5.74, 6) is -0.243. The van der Waals surface area contributed by atoms with E-state index in [2.05, 4.69) is 5.32 Å². The molecule has 1 fully saturated rings. The lowest BCUT2D eigenvalue weighted by Gasteiger charge is -2.31. The molecule has 1 aromatic rings. The van der Waals surface area contributed by atoms with Crippen LogP contribution in [0.4, 0.5) is 10.5 Å². The van der Waals surface area contributed by atoms with Crippen molar-refractivity contribution in [2.24, 2.45) is 5.92 Å². The van der Waals surface area contributed by atoms with Crippen molar-refractivity contribution >= 4 is 17.7 Å². The van der Waals surface area contributed by atoms with E-state index in [1.165, 1.54) is 19.3 Å². The minimum Gasteiger partial charge on any atom is -0.481 e. The highest BCUT2D eigenvalue weighted by Crippen LogP contribution is 2.27. The molecule has 0 bridgehead atoms. The zero-order valence-corrected chi connectivity index (χ0v) is 12.3. The normalized spacial score (nSPS) is 14.3. The summed E-state index contributed by atoms with van der Waals surface area (Å²) in [6.07, 6.45) is 3.64. The summed E-state index contributed by atoms with van der Waals surface area (Å²) in [5.41, 5.74) is 1.33. The van der Waals surface area contributed by atoms with Crippen molar-refractivity contribution in [2.75, 3.05) is 18.4 Å². The van der Waals surface area contributed by atoms with E-state index in [1.807, 2.05) is 11.8 Å². The van der Waals surface area contributed by atoms with Gasteiger partial charge in [0.25, 0.3) is 0 Å². The highest BCUT2D eigenvalue weighted by Gasteiger charge is 2.22. The van der Waals surface area contributed by atoms with E-state index < -0.39 is 5.97 Å². The first-order valence-corrected chi connectivity index (χ1v) is 7.45. The maximum absolute atomic E-state index is 12.3. The largest absolute Gasteiger partial charge is 0.481 e. The third kappa shape index (κ3) is 4.48. The highest BCUT2D eigenvalue weighted by atomic mass is 16.4. The Morgan fingerprint density at radius 2 is 2.14 bits per heavy atom. The van der Waals surface area contributed by atoms with Gasteiger partial charge in [-0.25, -0.2) is 4.79 Å². The molecule has 1 saturated carbocycles. The first-order chi connectivity index (χ1) is 10.1. The molecule has 5 nitrogen and oxygen atoms in total. The summed E-state index contributed by atoms with van der Waals surface area (Å²) in [6.45, 7) is 3.45. The number of hydrogen-bond donors (Lipinski definition) is 2. The molecule has 0 heterocycles. The summed E-state index contributed by atoms with van der Waals surface area (Å²) < 4.78 is 0. The third-order valence-electron chi connectivity index (χ3n) is 3.91. The molecule has 0 atom stereocenters. The smallest absolute Gasteiger partial charge is 0.321 e. The van der Waals surface area contributed by atoms with Crippen LogP contribution in [0.5, 0.6) is 0 Å². The van der Waals surface area contributed by atoms with Crippen LogP contribution in [0.2, 0.25) is 0 Å². The molecule has 0 saturated heterocycles. The van der Waals surface area contributed by atoms with Crippen LogP contribution in [-0.2, 0) is 11.2 Å². The van der Waals surface area contributed by atoms with Gasteiger partial charge in [-0.1, -0.05) is 18.6 Å². The van der Waals surface area contributed by atoms with Gasteiger partial charge in [0, 0.05) is 18.8 Å². The van der Waals surface area contributed by atoms with Gasteiger partial charge >= 0.3 is 12.0 Å². The summed E-state index contributed by atoms with van der Waals surface area (Å²) >= 11 is 0. The predicted molar refractivity (Wildman–Crippen MR) is 81.4 cm³/mol. The Morgan fingerprint density at radius 1 is 1.38 bits per heavy atom. The number of carboxylic acids is 1. The predicted octanol–water partition coefficient (Wildman–Crippen LogP) is 2.97. The van der Waals surface area contributed by atoms with Gasteiger partial charge in [-0.05, 0) is 43.4 Å². The minimum absolute atomic E-state index is 0.0384. The van der Waals surface area contributed by atoms with E-state index >= 15 is 0 Å². The zero-order valence-electron chi connectivity index (χ0n) is 12.3. The van der Waals surface area contributed by atoms with Gasteiger partial charge in [0.05, 0.1) is 6.42 Å². The molecule has 0 spiro atoms. The number of anilines is 1. The quantitative estimate of drug-likeness (QED) is 0.846. The Balaban J connectivity index is 1.95. The van der Waals surface area contributed by atoms with Gasteiger partial charge in [-0.15, -0.1) is 0 Å². The SMILES string of the molecule is CCN(CC1CCC1)C(=O)Nc1cccc(CC(=O)O)c1. The maximum Gasteiger partial charge on any atom is 0.321 e. The van der Waals surface area contributed by atoms with Crippen molar-refractivity contribution in [3.8, 4) is 0 Å². The average Bonchev–Trinajstić information content (AvgIpc) is 2.37. The number of nitrogens with one attached hydrogen (secondary N) is 1. The molecule has 2 N–H and O–H groups in total. The van der Waals surface area contributed by atoms with Crippen LogP contribution >= 0.6 is 0 Å². The first kappa shape index (κ1) is 15.4. The van der Waals surface area contributed by atoms with Crippen LogP contribution < -0.4 is 5.32 Å². The number of amides is 2. The second-order valence-corrected chi connectivity index (χ2v) is 5.54. The number of aliphatic carboxylic acids is 1. The van der Waals surface area contributed by atoms with Gasteiger partial charge in [0.2, 0.25) is 0 Å². The molecule has 0 aliphatic heterocycles. The lowest BCUT2D eigenvalue weighted by Crippen LogP contribution is -2.39. The van der Waals surface area contributed by atoms with Crippen molar-refractivity contribution in [1.29, 1.82) is 0 Å². The second-order valence-electron chi connectivity index (χ2n) is 5.54. The molecule has 5 heteroatoms. The first-order valence-electron chi connectivity index (χ1n) is 7.45. The van der Waals surface area contributed by atoms with Crippen molar-refractivity contribution in [3.63, 3.8) is 0 Å². The molecule has 0 unspecified atom stereocenters. The summed E-state index contributed by atoms with van der Waals surface area (Å²) in [5, 5.41) is 11.7. The fraction of sp³-hybridized carbons (Fsp3) is 0.500. The second kappa shape index (κ2) is 7.11. The Morgan fingerprint density at radius 3 is 2.71 bits per heavy atom. The van der Waals surface area contributed by atoms with Gasteiger partial charge < -0.3 is 15.3 Å². The molecule has 0 aromatic heterocycles. The standard InChI is InChI=1S/C16H22N2O3/c1-2-18(11-12-5-3-6-12)16(21)17-14-8-4-7-13(9-14)10-15(19)20/h4,7-9,12H,2-3,5-6,10-11H2,1H3,(H,17,21)(H,19,20). The fourth-order valence-corrected chi connectivity index (χ4v) is 2.48. The van der Waals surface area contributed by atoms with Gasteiger partial charge in [0.1, 0.15) is 0 Å². The number of hydrogen-bond acceptors (Lipinski definition) is 2. The van der Waals surface area contributed by atoms with Crippen LogP contribution in [0.3, 0.4) is 0 Å². The number of urea groups is 1. The number of benzene rings is 1. The summed E-state index contributed by atoms with van der Waals surface area (Å²) in [4.78, 5) is 24.8. The van der Waals surface area contributed by atoms with Crippen LogP contribution in [0, 0.1) is 5.92 Å². The minimum atomic E-state index is -0.876. The molecule has 1 aliphatic rings. The van der Waals surface area contributed by atoms with Crippen molar-refractivity contribution in [3.05, 3.63) is 29.8 Å². The molecule has 1 aromatic carbocycles. The topological polar surface area (TPSA) is 69.6 Å². The van der Waals surface area contributed by atoms with Gasteiger partial charge in [0.15, 0.2) is 0 Å². The molecular formula is C16H22N2O3. The van der Waals surface area contributed by atoms with E-state index in [-0.39, 0.29) is 12.5 Å². The fourth-order valence-electron chi connectivity index (χ4n) is 2.48. The number of carbonyl (C=O) groups is 2. The highest BCUT2D eigenvalue weighted by molar-refractivity contribution is 5.89. The van der Waals surface area contributed by atoms with Gasteiger partial charge in [-0.3, -0.25) is 4.79 Å². The third-order valence-corrected chi connectivity index (χ3v) is 3.91. The molecule has 21 heavy (non-hydrogen) atoms. The molecular weight excluding hydrogens is 268 g/mol. The van der Waals surface area contributed by atoms with E-state index in [1.54, 1.807) is 24.3 Å². The average molecular weight is 290 g/mol. The Hall–Kier alpha value is -2.04. The maximum atomic E-state index is 12.3. The Bertz CT molecular complexity index is 512. The molecule has 2 amide bonds. The monoisotopic (exact) mass is 290 g/mol. The summed E-state index contributed by atoms with van der Waals surface area (Å²) in [6, 6.07) is 6.88. The van der Waals surface area contributed by atoms with Crippen molar-refractivity contribution < 1.29 is 14.7 Å². The number of rotatable bonds is 6. The van der Waals surface area contributed by atoms with Crippen LogP contribution in [0.1, 0.15) is 31.7 Å². The number of nitrogens with zero attached hydrogens (tertiary/aromatic N) is 1. The Kier molecular flexibility index (Phi) is 5.20. The van der Waals surface area contributed by atoms with Crippen LogP contribution in [-0.4, -0.2) is 35.1 Å². The van der Waals surface area contributed by atoms with E-state index in [0.29, 0.717) is 23.7 Å². The van der Waals surface area contributed by atoms with Gasteiger partial charge in [-0.2, -0.15) is 0 Å². The Labute approximate surface area is 125 Å². The number of carboxylic acid groups (broad SMARTS) is 1. The molecule has 0 radical (unpaired) electrons. The lowest BCUT2D eigenvalue weighted by molar-refractivity contribution is -0.136. The van der Waals surface area contributed by atoms with Crippen molar-refractivity contribution in [2.45, 2.75) is 32.6 Å². The van der Waals surface area contributed by atoms with E-state index in [4.69, 9.17) is 5.11 Å². The molecule has 1 aliphatic carbocycles. The van der Waals surface area contributed by atoms with Crippen molar-refractivity contribution in [1.82, 2.24) is 4.90 Å². The van der Waals surface area contributed by atoms with E-state index in [9.17, 15) is 9.59 Å². The molecule has 2 rings (SSSR count). The van der Waals surface area contributed by atoms with Crippen LogP contribution in [0.15, 0.2) is 24.3 Å². The van der Waals surface area contributed by atoms with E-state index in [0.717, 1.165) is 6.54 Å². The zero-order chi connectivity index (χ0) is 15.2. The number of carbonyl (C=O) groups excluding carboxylic acids is 1. The van der Waals surface area contributed by atoms with Crippen LogP contribution in [0.25, 0.3) is 0 Å². The summed E-state index contributed by atoms with van der Waals surface area (Å²) in [7, 11) is 0. The molecule has 114 valence electrons.